The molecule has 1 saturated heterocycles. The number of piperazine rings is 1. The molecular formula is C14H21N2O. The summed E-state index contributed by atoms with van der Waals surface area (Å²) in [4.78, 5) is 7.80. The van der Waals surface area contributed by atoms with Crippen LogP contribution in [0, 0.1) is 6.54 Å². The first-order valence-electron chi connectivity index (χ1n) is 6.28. The summed E-state index contributed by atoms with van der Waals surface area (Å²) in [7, 11) is 1.75. The minimum atomic E-state index is 0.407. The van der Waals surface area contributed by atoms with Gasteiger partial charge >= 0.3 is 0 Å². The molecule has 1 unspecified atom stereocenters. The van der Waals surface area contributed by atoms with Crippen molar-refractivity contribution in [2.45, 2.75) is 19.4 Å². The number of benzene rings is 1. The van der Waals surface area contributed by atoms with Gasteiger partial charge in [0.25, 0.3) is 0 Å². The standard InChI is InChI=1S/C14H21N2O/c1-3-9-15-10-11-16(17-2)12-14(15)13-7-5-4-6-8-13/h4-9,14H,3,10-12H2,1-2H3. The van der Waals surface area contributed by atoms with E-state index in [0.29, 0.717) is 6.04 Å². The molecule has 93 valence electrons. The van der Waals surface area contributed by atoms with Gasteiger partial charge in [-0.3, -0.25) is 4.90 Å². The van der Waals surface area contributed by atoms with Gasteiger partial charge in [0.1, 0.15) is 0 Å². The van der Waals surface area contributed by atoms with E-state index in [9.17, 15) is 0 Å². The van der Waals surface area contributed by atoms with E-state index in [2.05, 4.69) is 48.7 Å². The van der Waals surface area contributed by atoms with Gasteiger partial charge in [-0.2, -0.15) is 5.06 Å². The largest absolute Gasteiger partial charge is 0.302 e. The lowest BCUT2D eigenvalue weighted by atomic mass is 10.0. The van der Waals surface area contributed by atoms with Crippen LogP contribution >= 0.6 is 0 Å². The molecule has 2 rings (SSSR count). The van der Waals surface area contributed by atoms with Gasteiger partial charge in [0.2, 0.25) is 0 Å². The van der Waals surface area contributed by atoms with E-state index in [-0.39, 0.29) is 0 Å². The van der Waals surface area contributed by atoms with Crippen molar-refractivity contribution in [2.24, 2.45) is 0 Å². The average molecular weight is 233 g/mol. The van der Waals surface area contributed by atoms with E-state index in [0.717, 1.165) is 26.1 Å². The van der Waals surface area contributed by atoms with Gasteiger partial charge in [0.05, 0.1) is 13.2 Å². The van der Waals surface area contributed by atoms with Gasteiger partial charge in [-0.25, -0.2) is 0 Å². The maximum absolute atomic E-state index is 5.36. The van der Waals surface area contributed by atoms with Gasteiger partial charge < -0.3 is 4.84 Å². The molecule has 0 aliphatic carbocycles. The van der Waals surface area contributed by atoms with Crippen LogP contribution in [0.3, 0.4) is 0 Å². The zero-order valence-corrected chi connectivity index (χ0v) is 10.7. The first kappa shape index (κ1) is 12.6. The molecule has 0 saturated carbocycles. The number of hydrogen-bond acceptors (Lipinski definition) is 3. The van der Waals surface area contributed by atoms with Crippen LogP contribution in [0.1, 0.15) is 24.9 Å². The number of hydroxylamine groups is 2. The van der Waals surface area contributed by atoms with Crippen molar-refractivity contribution in [3.63, 3.8) is 0 Å². The molecule has 0 spiro atoms. The lowest BCUT2D eigenvalue weighted by molar-refractivity contribution is -0.162. The Morgan fingerprint density at radius 1 is 1.29 bits per heavy atom. The van der Waals surface area contributed by atoms with E-state index in [4.69, 9.17) is 4.84 Å². The molecule has 1 aliphatic rings. The highest BCUT2D eigenvalue weighted by molar-refractivity contribution is 5.20. The van der Waals surface area contributed by atoms with E-state index in [1.54, 1.807) is 7.11 Å². The molecule has 1 aliphatic heterocycles. The normalized spacial score (nSPS) is 22.8. The fourth-order valence-corrected chi connectivity index (χ4v) is 2.36. The van der Waals surface area contributed by atoms with Crippen molar-refractivity contribution >= 4 is 0 Å². The van der Waals surface area contributed by atoms with E-state index in [1.165, 1.54) is 5.56 Å². The zero-order valence-electron chi connectivity index (χ0n) is 10.7. The quantitative estimate of drug-likeness (QED) is 0.794. The minimum absolute atomic E-state index is 0.407. The third-order valence-electron chi connectivity index (χ3n) is 3.24. The summed E-state index contributed by atoms with van der Waals surface area (Å²) in [6, 6.07) is 11.1. The Labute approximate surface area is 104 Å². The molecular weight excluding hydrogens is 212 g/mol. The lowest BCUT2D eigenvalue weighted by Gasteiger charge is -2.40. The molecule has 1 radical (unpaired) electrons. The first-order chi connectivity index (χ1) is 8.35. The summed E-state index contributed by atoms with van der Waals surface area (Å²) >= 11 is 0. The molecule has 0 N–H and O–H groups in total. The topological polar surface area (TPSA) is 15.7 Å². The molecule has 3 nitrogen and oxygen atoms in total. The Bertz CT molecular complexity index is 328. The molecule has 17 heavy (non-hydrogen) atoms. The zero-order chi connectivity index (χ0) is 12.1. The van der Waals surface area contributed by atoms with Crippen molar-refractivity contribution in [1.82, 2.24) is 9.96 Å². The molecule has 0 amide bonds. The molecule has 3 heteroatoms. The SMILES string of the molecule is CC[CH]N1CCN(OC)CC1c1ccccc1. The summed E-state index contributed by atoms with van der Waals surface area (Å²) in [6.07, 6.45) is 1.08. The fourth-order valence-electron chi connectivity index (χ4n) is 2.36. The third kappa shape index (κ3) is 3.06. The fraction of sp³-hybridized carbons (Fsp3) is 0.500. The van der Waals surface area contributed by atoms with Crippen molar-refractivity contribution in [1.29, 1.82) is 0 Å². The average Bonchev–Trinajstić information content (AvgIpc) is 2.40. The monoisotopic (exact) mass is 233 g/mol. The molecule has 1 aromatic carbocycles. The summed E-state index contributed by atoms with van der Waals surface area (Å²) in [5.74, 6) is 0. The molecule has 1 aromatic rings. The summed E-state index contributed by atoms with van der Waals surface area (Å²) < 4.78 is 0. The Morgan fingerprint density at radius 2 is 2.06 bits per heavy atom. The summed E-state index contributed by atoms with van der Waals surface area (Å²) in [5.41, 5.74) is 1.36. The van der Waals surface area contributed by atoms with Crippen molar-refractivity contribution in [3.8, 4) is 0 Å². The van der Waals surface area contributed by atoms with Crippen molar-refractivity contribution in [2.75, 3.05) is 26.7 Å². The Balaban J connectivity index is 2.13. The van der Waals surface area contributed by atoms with Crippen LogP contribution in [0.5, 0.6) is 0 Å². The van der Waals surface area contributed by atoms with Gasteiger partial charge in [0, 0.05) is 26.2 Å². The van der Waals surface area contributed by atoms with Crippen LogP contribution in [0.15, 0.2) is 30.3 Å². The van der Waals surface area contributed by atoms with E-state index in [1.807, 2.05) is 5.06 Å². The predicted octanol–water partition coefficient (Wildman–Crippen LogP) is 2.48. The number of hydrogen-bond donors (Lipinski definition) is 0. The van der Waals surface area contributed by atoms with Gasteiger partial charge in [0.15, 0.2) is 0 Å². The van der Waals surface area contributed by atoms with Crippen molar-refractivity contribution in [3.05, 3.63) is 42.4 Å². The van der Waals surface area contributed by atoms with Gasteiger partial charge in [-0.05, 0) is 12.0 Å². The van der Waals surface area contributed by atoms with Gasteiger partial charge in [-0.15, -0.1) is 0 Å². The van der Waals surface area contributed by atoms with Crippen LogP contribution in [0.4, 0.5) is 0 Å². The molecule has 1 fully saturated rings. The van der Waals surface area contributed by atoms with Gasteiger partial charge in [-0.1, -0.05) is 37.3 Å². The van der Waals surface area contributed by atoms with Crippen LogP contribution < -0.4 is 0 Å². The highest BCUT2D eigenvalue weighted by Crippen LogP contribution is 2.26. The predicted molar refractivity (Wildman–Crippen MR) is 69.1 cm³/mol. The summed E-state index contributed by atoms with van der Waals surface area (Å²) in [5, 5.41) is 2.04. The number of nitrogens with zero attached hydrogens (tertiary/aromatic N) is 2. The van der Waals surface area contributed by atoms with E-state index >= 15 is 0 Å². The lowest BCUT2D eigenvalue weighted by Crippen LogP contribution is -2.46. The second kappa shape index (κ2) is 6.15. The Kier molecular flexibility index (Phi) is 4.54. The second-order valence-electron chi connectivity index (χ2n) is 4.33. The second-order valence-corrected chi connectivity index (χ2v) is 4.33. The molecule has 0 aromatic heterocycles. The van der Waals surface area contributed by atoms with E-state index < -0.39 is 0 Å². The Hall–Kier alpha value is -0.900. The van der Waals surface area contributed by atoms with Crippen LogP contribution in [-0.2, 0) is 4.84 Å². The third-order valence-corrected chi connectivity index (χ3v) is 3.24. The maximum Gasteiger partial charge on any atom is 0.0575 e. The Morgan fingerprint density at radius 3 is 2.71 bits per heavy atom. The van der Waals surface area contributed by atoms with Crippen LogP contribution in [0.2, 0.25) is 0 Å². The molecule has 1 atom stereocenters. The van der Waals surface area contributed by atoms with Crippen LogP contribution in [0.25, 0.3) is 0 Å². The molecule has 0 bridgehead atoms. The maximum atomic E-state index is 5.36. The highest BCUT2D eigenvalue weighted by atomic mass is 16.7. The van der Waals surface area contributed by atoms with Crippen molar-refractivity contribution < 1.29 is 4.84 Å². The summed E-state index contributed by atoms with van der Waals surface area (Å²) in [6.45, 7) is 7.41. The molecule has 1 heterocycles. The smallest absolute Gasteiger partial charge is 0.0575 e. The van der Waals surface area contributed by atoms with Crippen LogP contribution in [-0.4, -0.2) is 36.7 Å². The first-order valence-corrected chi connectivity index (χ1v) is 6.28. The highest BCUT2D eigenvalue weighted by Gasteiger charge is 2.27. The number of rotatable bonds is 4. The minimum Gasteiger partial charge on any atom is -0.302 e.